The zero-order valence-corrected chi connectivity index (χ0v) is 10.4. The predicted octanol–water partition coefficient (Wildman–Crippen LogP) is 1.93. The minimum Gasteiger partial charge on any atom is -0.383 e. The molecule has 0 spiro atoms. The molecule has 1 amide bonds. The Kier molecular flexibility index (Phi) is 5.96. The van der Waals surface area contributed by atoms with E-state index < -0.39 is 0 Å². The molecule has 1 atom stereocenters. The van der Waals surface area contributed by atoms with Crippen LogP contribution in [0.25, 0.3) is 0 Å². The van der Waals surface area contributed by atoms with E-state index in [2.05, 4.69) is 5.32 Å². The summed E-state index contributed by atoms with van der Waals surface area (Å²) >= 11 is 1.54. The molecule has 1 aromatic carbocycles. The Labute approximate surface area is 101 Å². The van der Waals surface area contributed by atoms with E-state index in [9.17, 15) is 4.79 Å². The summed E-state index contributed by atoms with van der Waals surface area (Å²) in [6.07, 6.45) is 0. The lowest BCUT2D eigenvalue weighted by molar-refractivity contribution is -0.119. The van der Waals surface area contributed by atoms with Crippen LogP contribution >= 0.6 is 11.8 Å². The summed E-state index contributed by atoms with van der Waals surface area (Å²) in [4.78, 5) is 12.6. The van der Waals surface area contributed by atoms with Gasteiger partial charge >= 0.3 is 0 Å². The molecule has 0 bridgehead atoms. The van der Waals surface area contributed by atoms with Crippen molar-refractivity contribution in [3.05, 3.63) is 30.3 Å². The summed E-state index contributed by atoms with van der Waals surface area (Å²) in [5.74, 6) is 0.483. The van der Waals surface area contributed by atoms with E-state index in [4.69, 9.17) is 4.74 Å². The first-order valence-electron chi connectivity index (χ1n) is 5.18. The zero-order valence-electron chi connectivity index (χ0n) is 9.60. The third-order valence-corrected chi connectivity index (χ3v) is 2.95. The molecule has 1 N–H and O–H groups in total. The molecule has 0 heterocycles. The minimum atomic E-state index is 0.0402. The lowest BCUT2D eigenvalue weighted by Crippen LogP contribution is -2.36. The van der Waals surface area contributed by atoms with Crippen molar-refractivity contribution in [3.8, 4) is 0 Å². The van der Waals surface area contributed by atoms with Gasteiger partial charge in [0.2, 0.25) is 5.91 Å². The summed E-state index contributed by atoms with van der Waals surface area (Å²) in [7, 11) is 1.63. The van der Waals surface area contributed by atoms with E-state index in [-0.39, 0.29) is 11.9 Å². The van der Waals surface area contributed by atoms with Crippen LogP contribution in [0.15, 0.2) is 35.2 Å². The van der Waals surface area contributed by atoms with Crippen LogP contribution in [0, 0.1) is 0 Å². The first kappa shape index (κ1) is 13.1. The average molecular weight is 239 g/mol. The Morgan fingerprint density at radius 3 is 2.75 bits per heavy atom. The molecule has 0 unspecified atom stereocenters. The third kappa shape index (κ3) is 5.19. The summed E-state index contributed by atoms with van der Waals surface area (Å²) in [6.45, 7) is 2.47. The first-order chi connectivity index (χ1) is 7.72. The number of hydrogen-bond donors (Lipinski definition) is 1. The lowest BCUT2D eigenvalue weighted by atomic mass is 10.3. The Bertz CT molecular complexity index is 316. The maximum Gasteiger partial charge on any atom is 0.230 e. The van der Waals surface area contributed by atoms with Crippen LogP contribution in [0.1, 0.15) is 6.92 Å². The van der Waals surface area contributed by atoms with E-state index in [0.29, 0.717) is 12.4 Å². The van der Waals surface area contributed by atoms with Crippen LogP contribution < -0.4 is 5.32 Å². The molecular formula is C12H17NO2S. The molecule has 1 aromatic rings. The second-order valence-corrected chi connectivity index (χ2v) is 4.57. The van der Waals surface area contributed by atoms with Crippen LogP contribution in [0.3, 0.4) is 0 Å². The highest BCUT2D eigenvalue weighted by atomic mass is 32.2. The Balaban J connectivity index is 2.25. The van der Waals surface area contributed by atoms with E-state index in [1.54, 1.807) is 7.11 Å². The highest BCUT2D eigenvalue weighted by Crippen LogP contribution is 2.16. The molecule has 0 aliphatic heterocycles. The fourth-order valence-electron chi connectivity index (χ4n) is 1.27. The number of ether oxygens (including phenoxy) is 1. The van der Waals surface area contributed by atoms with E-state index in [1.807, 2.05) is 37.3 Å². The van der Waals surface area contributed by atoms with Crippen LogP contribution in [-0.4, -0.2) is 31.4 Å². The number of carbonyl (C=O) groups is 1. The second kappa shape index (κ2) is 7.30. The molecule has 1 rings (SSSR count). The second-order valence-electron chi connectivity index (χ2n) is 3.53. The zero-order chi connectivity index (χ0) is 11.8. The fourth-order valence-corrected chi connectivity index (χ4v) is 2.00. The fraction of sp³-hybridized carbons (Fsp3) is 0.417. The molecule has 3 nitrogen and oxygen atoms in total. The number of hydrogen-bond acceptors (Lipinski definition) is 3. The van der Waals surface area contributed by atoms with Gasteiger partial charge in [0.25, 0.3) is 0 Å². The van der Waals surface area contributed by atoms with Gasteiger partial charge in [-0.15, -0.1) is 11.8 Å². The summed E-state index contributed by atoms with van der Waals surface area (Å²) < 4.78 is 4.95. The van der Waals surface area contributed by atoms with Crippen molar-refractivity contribution < 1.29 is 9.53 Å². The molecule has 0 aliphatic rings. The van der Waals surface area contributed by atoms with E-state index >= 15 is 0 Å². The van der Waals surface area contributed by atoms with Crippen molar-refractivity contribution in [2.75, 3.05) is 19.5 Å². The van der Waals surface area contributed by atoms with Crippen molar-refractivity contribution >= 4 is 17.7 Å². The van der Waals surface area contributed by atoms with Gasteiger partial charge in [-0.2, -0.15) is 0 Å². The monoisotopic (exact) mass is 239 g/mol. The van der Waals surface area contributed by atoms with Crippen molar-refractivity contribution in [2.24, 2.45) is 0 Å². The number of thioether (sulfide) groups is 1. The number of rotatable bonds is 6. The van der Waals surface area contributed by atoms with Gasteiger partial charge in [0.1, 0.15) is 0 Å². The van der Waals surface area contributed by atoms with E-state index in [0.717, 1.165) is 4.90 Å². The smallest absolute Gasteiger partial charge is 0.230 e. The maximum absolute atomic E-state index is 11.5. The molecule has 88 valence electrons. The van der Waals surface area contributed by atoms with Gasteiger partial charge in [0, 0.05) is 18.0 Å². The Morgan fingerprint density at radius 1 is 1.44 bits per heavy atom. The summed E-state index contributed by atoms with van der Waals surface area (Å²) in [6, 6.07) is 9.95. The molecule has 0 saturated heterocycles. The van der Waals surface area contributed by atoms with Crippen LogP contribution in [0.4, 0.5) is 0 Å². The summed E-state index contributed by atoms with van der Waals surface area (Å²) in [5, 5.41) is 2.87. The Morgan fingerprint density at radius 2 is 2.12 bits per heavy atom. The molecule has 0 aromatic heterocycles. The van der Waals surface area contributed by atoms with Gasteiger partial charge in [0.15, 0.2) is 0 Å². The average Bonchev–Trinajstić information content (AvgIpc) is 2.28. The summed E-state index contributed by atoms with van der Waals surface area (Å²) in [5.41, 5.74) is 0. The lowest BCUT2D eigenvalue weighted by Gasteiger charge is -2.12. The van der Waals surface area contributed by atoms with Crippen molar-refractivity contribution in [1.82, 2.24) is 5.32 Å². The normalized spacial score (nSPS) is 12.1. The predicted molar refractivity (Wildman–Crippen MR) is 66.6 cm³/mol. The number of methoxy groups -OCH3 is 1. The molecule has 4 heteroatoms. The van der Waals surface area contributed by atoms with Crippen molar-refractivity contribution in [2.45, 2.75) is 17.9 Å². The quantitative estimate of drug-likeness (QED) is 0.771. The maximum atomic E-state index is 11.5. The van der Waals surface area contributed by atoms with Crippen molar-refractivity contribution in [3.63, 3.8) is 0 Å². The van der Waals surface area contributed by atoms with Gasteiger partial charge in [-0.05, 0) is 19.1 Å². The minimum absolute atomic E-state index is 0.0402. The number of amides is 1. The SMILES string of the molecule is COC[C@H](C)NC(=O)CSc1ccccc1. The van der Waals surface area contributed by atoms with Crippen LogP contribution in [0.2, 0.25) is 0 Å². The molecule has 0 saturated carbocycles. The van der Waals surface area contributed by atoms with Gasteiger partial charge in [-0.1, -0.05) is 18.2 Å². The van der Waals surface area contributed by atoms with Gasteiger partial charge in [-0.3, -0.25) is 4.79 Å². The highest BCUT2D eigenvalue weighted by molar-refractivity contribution is 8.00. The highest BCUT2D eigenvalue weighted by Gasteiger charge is 2.06. The number of carbonyl (C=O) groups excluding carboxylic acids is 1. The van der Waals surface area contributed by atoms with Gasteiger partial charge in [0.05, 0.1) is 12.4 Å². The molecule has 0 aliphatic carbocycles. The third-order valence-electron chi connectivity index (χ3n) is 1.94. The van der Waals surface area contributed by atoms with E-state index in [1.165, 1.54) is 11.8 Å². The number of benzene rings is 1. The standard InChI is InChI=1S/C12H17NO2S/c1-10(8-15-2)13-12(14)9-16-11-6-4-3-5-7-11/h3-7,10H,8-9H2,1-2H3,(H,13,14)/t10-/m0/s1. The molecular weight excluding hydrogens is 222 g/mol. The topological polar surface area (TPSA) is 38.3 Å². The molecule has 0 radical (unpaired) electrons. The molecule has 0 fully saturated rings. The number of nitrogens with one attached hydrogen (secondary N) is 1. The Hall–Kier alpha value is -1.00. The van der Waals surface area contributed by atoms with Gasteiger partial charge < -0.3 is 10.1 Å². The van der Waals surface area contributed by atoms with Crippen molar-refractivity contribution in [1.29, 1.82) is 0 Å². The van der Waals surface area contributed by atoms with Crippen LogP contribution in [0.5, 0.6) is 0 Å². The van der Waals surface area contributed by atoms with Gasteiger partial charge in [-0.25, -0.2) is 0 Å². The van der Waals surface area contributed by atoms with Crippen LogP contribution in [-0.2, 0) is 9.53 Å². The molecule has 16 heavy (non-hydrogen) atoms. The largest absolute Gasteiger partial charge is 0.383 e. The first-order valence-corrected chi connectivity index (χ1v) is 6.17.